The van der Waals surface area contributed by atoms with E-state index in [1.165, 1.54) is 12.1 Å². The molecule has 0 saturated heterocycles. The van der Waals surface area contributed by atoms with Gasteiger partial charge in [-0.2, -0.15) is 8.78 Å². The van der Waals surface area contributed by atoms with Gasteiger partial charge in [0, 0.05) is 24.2 Å². The van der Waals surface area contributed by atoms with Crippen LogP contribution in [0.25, 0.3) is 0 Å². The molecule has 0 unspecified atom stereocenters. The second-order valence-corrected chi connectivity index (χ2v) is 10.5. The summed E-state index contributed by atoms with van der Waals surface area (Å²) in [6.45, 7) is -1.53. The molecule has 33 heavy (non-hydrogen) atoms. The first kappa shape index (κ1) is 25.5. The molecule has 10 heteroatoms. The Morgan fingerprint density at radius 1 is 1.18 bits per heavy atom. The Balaban J connectivity index is 1.70. The lowest BCUT2D eigenvalue weighted by Gasteiger charge is -2.30. The van der Waals surface area contributed by atoms with Gasteiger partial charge in [0.25, 0.3) is 5.56 Å². The summed E-state index contributed by atoms with van der Waals surface area (Å²) in [5, 5.41) is 0. The molecule has 6 nitrogen and oxygen atoms in total. The molecule has 1 aliphatic rings. The molecule has 0 bridgehead atoms. The van der Waals surface area contributed by atoms with Crippen molar-refractivity contribution in [3.63, 3.8) is 0 Å². The van der Waals surface area contributed by atoms with E-state index in [4.69, 9.17) is 4.74 Å². The van der Waals surface area contributed by atoms with Crippen molar-refractivity contribution in [1.29, 1.82) is 0 Å². The van der Waals surface area contributed by atoms with Crippen LogP contribution in [0.3, 0.4) is 0 Å². The predicted octanol–water partition coefficient (Wildman–Crippen LogP) is 4.07. The van der Waals surface area contributed by atoms with Crippen molar-refractivity contribution in [3.05, 3.63) is 69.4 Å². The molecule has 0 radical (unpaired) electrons. The number of rotatable bonds is 9. The zero-order valence-corrected chi connectivity index (χ0v) is 19.5. The smallest absolute Gasteiger partial charge is 0.321 e. The molecule has 2 aromatic rings. The highest BCUT2D eigenvalue weighted by atomic mass is 32.2. The summed E-state index contributed by atoms with van der Waals surface area (Å²) in [5.41, 5.74) is 0.634. The van der Waals surface area contributed by atoms with E-state index in [0.29, 0.717) is 10.1 Å². The van der Waals surface area contributed by atoms with Crippen LogP contribution in [0.1, 0.15) is 60.8 Å². The number of ether oxygens (including phenoxy) is 1. The Morgan fingerprint density at radius 3 is 2.48 bits per heavy atom. The molecule has 1 N–H and O–H groups in total. The van der Waals surface area contributed by atoms with Crippen LogP contribution in [0.5, 0.6) is 0 Å². The van der Waals surface area contributed by atoms with Crippen LogP contribution in [0.2, 0.25) is 0 Å². The summed E-state index contributed by atoms with van der Waals surface area (Å²) < 4.78 is 72.1. The topological polar surface area (TPSA) is 77.4 Å². The Kier molecular flexibility index (Phi) is 8.36. The summed E-state index contributed by atoms with van der Waals surface area (Å²) in [6.07, 6.45) is 5.02. The summed E-state index contributed by atoms with van der Waals surface area (Å²) >= 11 is 0. The number of sulfonamides is 1. The zero-order valence-electron chi connectivity index (χ0n) is 18.6. The lowest BCUT2D eigenvalue weighted by molar-refractivity contribution is 0.0164. The standard InChI is InChI=1S/C23H29F3N2O4S/c1-15-10-21(22(29)28(13-15)23(25)26)18(12-27-33(2,30)31)14-32-20-8-6-16(7-9-20)17-4-3-5-19(24)11-17/h3-5,10-11,13,16,18,20,23,27H,6-9,12,14H2,1-2H3/t16?,18-,20?/m0/s1. The number of aromatic nitrogens is 1. The minimum absolute atomic E-state index is 0.0136. The molecular weight excluding hydrogens is 457 g/mol. The first-order valence-electron chi connectivity index (χ1n) is 10.9. The van der Waals surface area contributed by atoms with Gasteiger partial charge in [-0.25, -0.2) is 17.5 Å². The summed E-state index contributed by atoms with van der Waals surface area (Å²) in [4.78, 5) is 12.6. The number of alkyl halides is 2. The fraction of sp³-hybridized carbons (Fsp3) is 0.522. The van der Waals surface area contributed by atoms with Gasteiger partial charge in [-0.05, 0) is 67.9 Å². The molecule has 182 valence electrons. The molecule has 1 aromatic carbocycles. The Morgan fingerprint density at radius 2 is 1.88 bits per heavy atom. The van der Waals surface area contributed by atoms with E-state index >= 15 is 0 Å². The molecule has 1 aromatic heterocycles. The summed E-state index contributed by atoms with van der Waals surface area (Å²) in [5.74, 6) is -0.754. The summed E-state index contributed by atoms with van der Waals surface area (Å²) in [6, 6.07) is 8.06. The molecule has 3 rings (SSSR count). The van der Waals surface area contributed by atoms with Crippen LogP contribution >= 0.6 is 0 Å². The van der Waals surface area contributed by atoms with Crippen molar-refractivity contribution in [2.45, 2.75) is 57.1 Å². The number of pyridine rings is 1. The van der Waals surface area contributed by atoms with E-state index in [1.807, 2.05) is 6.07 Å². The number of benzene rings is 1. The molecule has 1 saturated carbocycles. The average molecular weight is 487 g/mol. The fourth-order valence-electron chi connectivity index (χ4n) is 4.30. The van der Waals surface area contributed by atoms with Gasteiger partial charge in [0.1, 0.15) is 5.82 Å². The average Bonchev–Trinajstić information content (AvgIpc) is 2.75. The minimum atomic E-state index is -3.55. The van der Waals surface area contributed by atoms with Crippen molar-refractivity contribution in [2.24, 2.45) is 0 Å². The van der Waals surface area contributed by atoms with Crippen LogP contribution in [0.15, 0.2) is 41.3 Å². The molecule has 0 aliphatic heterocycles. The number of hydrogen-bond donors (Lipinski definition) is 1. The number of nitrogens with one attached hydrogen (secondary N) is 1. The maximum Gasteiger partial charge on any atom is 0.321 e. The van der Waals surface area contributed by atoms with Gasteiger partial charge in [0.2, 0.25) is 10.0 Å². The van der Waals surface area contributed by atoms with Crippen molar-refractivity contribution in [3.8, 4) is 0 Å². The quantitative estimate of drug-likeness (QED) is 0.580. The Labute approximate surface area is 191 Å². The van der Waals surface area contributed by atoms with Crippen LogP contribution < -0.4 is 10.3 Å². The molecular formula is C23H29F3N2O4S. The van der Waals surface area contributed by atoms with E-state index < -0.39 is 28.0 Å². The first-order valence-corrected chi connectivity index (χ1v) is 12.7. The van der Waals surface area contributed by atoms with Crippen molar-refractivity contribution in [1.82, 2.24) is 9.29 Å². The van der Waals surface area contributed by atoms with Crippen LogP contribution in [-0.4, -0.2) is 38.5 Å². The lowest BCUT2D eigenvalue weighted by atomic mass is 9.82. The van der Waals surface area contributed by atoms with E-state index in [2.05, 4.69) is 4.72 Å². The van der Waals surface area contributed by atoms with Gasteiger partial charge in [-0.15, -0.1) is 0 Å². The first-order chi connectivity index (χ1) is 15.5. The highest BCUT2D eigenvalue weighted by molar-refractivity contribution is 7.88. The third-order valence-corrected chi connectivity index (χ3v) is 6.67. The molecule has 0 spiro atoms. The molecule has 1 fully saturated rings. The van der Waals surface area contributed by atoms with E-state index in [9.17, 15) is 26.4 Å². The number of hydrogen-bond acceptors (Lipinski definition) is 4. The Hall–Kier alpha value is -2.17. The maximum absolute atomic E-state index is 13.5. The van der Waals surface area contributed by atoms with Crippen LogP contribution in [-0.2, 0) is 14.8 Å². The highest BCUT2D eigenvalue weighted by Crippen LogP contribution is 2.34. The second kappa shape index (κ2) is 10.8. The highest BCUT2D eigenvalue weighted by Gasteiger charge is 2.26. The van der Waals surface area contributed by atoms with Gasteiger partial charge in [0.05, 0.1) is 19.0 Å². The molecule has 1 heterocycles. The van der Waals surface area contributed by atoms with Gasteiger partial charge in [-0.3, -0.25) is 9.36 Å². The van der Waals surface area contributed by atoms with E-state index in [-0.39, 0.29) is 36.6 Å². The maximum atomic E-state index is 13.5. The number of aryl methyl sites for hydroxylation is 1. The lowest BCUT2D eigenvalue weighted by Crippen LogP contribution is -2.35. The van der Waals surface area contributed by atoms with Crippen LogP contribution in [0, 0.1) is 12.7 Å². The Bertz CT molecular complexity index is 1110. The van der Waals surface area contributed by atoms with Gasteiger partial charge in [-0.1, -0.05) is 12.1 Å². The second-order valence-electron chi connectivity index (χ2n) is 8.64. The van der Waals surface area contributed by atoms with Gasteiger partial charge < -0.3 is 4.74 Å². The fourth-order valence-corrected chi connectivity index (χ4v) is 4.80. The molecule has 1 atom stereocenters. The minimum Gasteiger partial charge on any atom is -0.378 e. The normalized spacial score (nSPS) is 20.2. The van der Waals surface area contributed by atoms with Crippen molar-refractivity contribution in [2.75, 3.05) is 19.4 Å². The van der Waals surface area contributed by atoms with Gasteiger partial charge >= 0.3 is 6.55 Å². The number of halogens is 3. The van der Waals surface area contributed by atoms with Crippen molar-refractivity contribution >= 4 is 10.0 Å². The van der Waals surface area contributed by atoms with Crippen LogP contribution in [0.4, 0.5) is 13.2 Å². The van der Waals surface area contributed by atoms with E-state index in [0.717, 1.165) is 43.7 Å². The van der Waals surface area contributed by atoms with E-state index in [1.54, 1.807) is 19.1 Å². The SMILES string of the molecule is Cc1cc([C@@H](CNS(C)(=O)=O)COC2CCC(c3cccc(F)c3)CC2)c(=O)n(C(F)F)c1. The third kappa shape index (κ3) is 7.15. The zero-order chi connectivity index (χ0) is 24.2. The number of nitrogens with zero attached hydrogens (tertiary/aromatic N) is 1. The van der Waals surface area contributed by atoms with Gasteiger partial charge in [0.15, 0.2) is 0 Å². The summed E-state index contributed by atoms with van der Waals surface area (Å²) in [7, 11) is -3.55. The molecule has 0 amide bonds. The monoisotopic (exact) mass is 486 g/mol. The predicted molar refractivity (Wildman–Crippen MR) is 120 cm³/mol. The molecule has 1 aliphatic carbocycles. The van der Waals surface area contributed by atoms with Crippen molar-refractivity contribution < 1.29 is 26.3 Å². The third-order valence-electron chi connectivity index (χ3n) is 5.98. The largest absolute Gasteiger partial charge is 0.378 e.